The van der Waals surface area contributed by atoms with Crippen LogP contribution in [-0.4, -0.2) is 4.98 Å². The largest absolute Gasteiger partial charge is 0.232 e. The van der Waals surface area contributed by atoms with Crippen molar-refractivity contribution in [3.63, 3.8) is 0 Å². The normalized spacial score (nSPS) is 9.67. The smallest absolute Gasteiger partial charge is 0.212 e. The number of hydrogen-bond donors (Lipinski definition) is 0. The van der Waals surface area contributed by atoms with Crippen LogP contribution in [-0.2, 0) is 0 Å². The zero-order valence-corrected chi connectivity index (χ0v) is 7.15. The zero-order valence-electron chi connectivity index (χ0n) is 4.24. The van der Waals surface area contributed by atoms with Gasteiger partial charge in [-0.15, -0.1) is 0 Å². The number of hydrogen-bond acceptors (Lipinski definition) is 1. The molecular formula is C5H2ClFIN. The highest BCUT2D eigenvalue weighted by atomic mass is 127. The Labute approximate surface area is 70.4 Å². The Balaban J connectivity index is 3.17. The van der Waals surface area contributed by atoms with Crippen molar-refractivity contribution in [2.75, 3.05) is 0 Å². The van der Waals surface area contributed by atoms with E-state index in [9.17, 15) is 4.39 Å². The van der Waals surface area contributed by atoms with Crippen LogP contribution in [0.25, 0.3) is 0 Å². The molecule has 0 aromatic carbocycles. The van der Waals surface area contributed by atoms with Gasteiger partial charge in [0, 0.05) is 0 Å². The molecule has 0 aliphatic rings. The molecule has 1 aromatic rings. The van der Waals surface area contributed by atoms with Crippen LogP contribution in [0, 0.1) is 9.65 Å². The van der Waals surface area contributed by atoms with Gasteiger partial charge in [-0.3, -0.25) is 0 Å². The molecule has 1 nitrogen and oxygen atoms in total. The monoisotopic (exact) mass is 257 g/mol. The van der Waals surface area contributed by atoms with Gasteiger partial charge in [0.25, 0.3) is 0 Å². The second kappa shape index (κ2) is 2.79. The van der Waals surface area contributed by atoms with Gasteiger partial charge in [0.1, 0.15) is 3.70 Å². The first-order chi connectivity index (χ1) is 4.20. The minimum atomic E-state index is -0.608. The first-order valence-electron chi connectivity index (χ1n) is 2.17. The van der Waals surface area contributed by atoms with Gasteiger partial charge in [0.2, 0.25) is 5.95 Å². The third-order valence-electron chi connectivity index (χ3n) is 0.769. The third kappa shape index (κ3) is 1.76. The molecule has 0 saturated carbocycles. The Morgan fingerprint density at radius 3 is 2.67 bits per heavy atom. The molecule has 9 heavy (non-hydrogen) atoms. The third-order valence-corrected chi connectivity index (χ3v) is 1.65. The molecule has 0 unspecified atom stereocenters. The molecule has 1 rings (SSSR count). The van der Waals surface area contributed by atoms with Crippen LogP contribution in [0.4, 0.5) is 4.39 Å². The van der Waals surface area contributed by atoms with E-state index in [0.717, 1.165) is 0 Å². The molecular weight excluding hydrogens is 255 g/mol. The van der Waals surface area contributed by atoms with Crippen LogP contribution >= 0.6 is 34.2 Å². The Bertz CT molecular complexity index is 228. The van der Waals surface area contributed by atoms with E-state index in [-0.39, 0.29) is 5.02 Å². The Hall–Kier alpha value is 0.1000. The van der Waals surface area contributed by atoms with E-state index in [1.807, 2.05) is 22.6 Å². The molecule has 1 aromatic heterocycles. The molecule has 0 radical (unpaired) electrons. The second-order valence-corrected chi connectivity index (χ2v) is 2.92. The average molecular weight is 257 g/mol. The summed E-state index contributed by atoms with van der Waals surface area (Å²) in [6, 6.07) is 3.12. The molecule has 0 bridgehead atoms. The summed E-state index contributed by atoms with van der Waals surface area (Å²) in [4.78, 5) is 3.46. The van der Waals surface area contributed by atoms with Crippen molar-refractivity contribution < 1.29 is 4.39 Å². The van der Waals surface area contributed by atoms with Crippen molar-refractivity contribution in [1.82, 2.24) is 4.98 Å². The minimum absolute atomic E-state index is 0.0652. The summed E-state index contributed by atoms with van der Waals surface area (Å²) in [6.45, 7) is 0. The number of rotatable bonds is 0. The van der Waals surface area contributed by atoms with Crippen LogP contribution in [0.3, 0.4) is 0 Å². The molecule has 0 amide bonds. The standard InChI is InChI=1S/C5H2ClFIN/c6-3-1-2-4(8)9-5(3)7/h1-2H. The second-order valence-electron chi connectivity index (χ2n) is 1.41. The molecule has 0 spiro atoms. The first-order valence-corrected chi connectivity index (χ1v) is 3.63. The van der Waals surface area contributed by atoms with Crippen molar-refractivity contribution in [2.45, 2.75) is 0 Å². The van der Waals surface area contributed by atoms with Gasteiger partial charge in [0.15, 0.2) is 0 Å². The Morgan fingerprint density at radius 2 is 2.22 bits per heavy atom. The van der Waals surface area contributed by atoms with Crippen LogP contribution < -0.4 is 0 Å². The quantitative estimate of drug-likeness (QED) is 0.514. The number of pyridine rings is 1. The summed E-state index contributed by atoms with van der Waals surface area (Å²) >= 11 is 7.25. The SMILES string of the molecule is Fc1nc(I)ccc1Cl. The summed E-state index contributed by atoms with van der Waals surface area (Å²) in [5.74, 6) is -0.608. The topological polar surface area (TPSA) is 12.9 Å². The van der Waals surface area contributed by atoms with Gasteiger partial charge < -0.3 is 0 Å². The van der Waals surface area contributed by atoms with Gasteiger partial charge in [-0.05, 0) is 34.7 Å². The summed E-state index contributed by atoms with van der Waals surface area (Å²) in [5.41, 5.74) is 0. The van der Waals surface area contributed by atoms with Crippen molar-refractivity contribution in [2.24, 2.45) is 0 Å². The molecule has 0 N–H and O–H groups in total. The summed E-state index contributed by atoms with van der Waals surface area (Å²) in [6.07, 6.45) is 0. The van der Waals surface area contributed by atoms with E-state index in [4.69, 9.17) is 11.6 Å². The molecule has 0 fully saturated rings. The maximum Gasteiger partial charge on any atom is 0.232 e. The molecule has 0 atom stereocenters. The van der Waals surface area contributed by atoms with Crippen LogP contribution in [0.2, 0.25) is 5.02 Å². The van der Waals surface area contributed by atoms with E-state index in [2.05, 4.69) is 4.98 Å². The van der Waals surface area contributed by atoms with Crippen molar-refractivity contribution >= 4 is 34.2 Å². The number of nitrogens with zero attached hydrogens (tertiary/aromatic N) is 1. The van der Waals surface area contributed by atoms with E-state index in [0.29, 0.717) is 3.70 Å². The van der Waals surface area contributed by atoms with Crippen molar-refractivity contribution in [3.05, 3.63) is 26.8 Å². The summed E-state index contributed by atoms with van der Waals surface area (Å²) < 4.78 is 12.9. The fourth-order valence-electron chi connectivity index (χ4n) is 0.395. The lowest BCUT2D eigenvalue weighted by molar-refractivity contribution is 0.581. The molecule has 0 aliphatic heterocycles. The zero-order chi connectivity index (χ0) is 6.85. The van der Waals surface area contributed by atoms with Gasteiger partial charge in [-0.1, -0.05) is 11.6 Å². The van der Waals surface area contributed by atoms with Gasteiger partial charge in [0.05, 0.1) is 5.02 Å². The fraction of sp³-hybridized carbons (Fsp3) is 0. The summed E-state index contributed by atoms with van der Waals surface area (Å²) in [7, 11) is 0. The average Bonchev–Trinajstić information content (AvgIpc) is 1.80. The highest BCUT2D eigenvalue weighted by Gasteiger charge is 1.98. The highest BCUT2D eigenvalue weighted by Crippen LogP contribution is 2.12. The van der Waals surface area contributed by atoms with Crippen molar-refractivity contribution in [3.8, 4) is 0 Å². The van der Waals surface area contributed by atoms with Crippen LogP contribution in [0.1, 0.15) is 0 Å². The molecule has 0 saturated heterocycles. The predicted octanol–water partition coefficient (Wildman–Crippen LogP) is 2.48. The number of halogens is 3. The van der Waals surface area contributed by atoms with E-state index < -0.39 is 5.95 Å². The van der Waals surface area contributed by atoms with E-state index in [1.54, 1.807) is 6.07 Å². The summed E-state index contributed by atoms with van der Waals surface area (Å²) in [5, 5.41) is 0.0652. The first kappa shape index (κ1) is 7.21. The molecule has 0 aliphatic carbocycles. The lowest BCUT2D eigenvalue weighted by Crippen LogP contribution is -1.85. The lowest BCUT2D eigenvalue weighted by atomic mass is 10.5. The van der Waals surface area contributed by atoms with Gasteiger partial charge in [-0.2, -0.15) is 4.39 Å². The predicted molar refractivity (Wildman–Crippen MR) is 41.9 cm³/mol. The molecule has 1 heterocycles. The minimum Gasteiger partial charge on any atom is -0.212 e. The van der Waals surface area contributed by atoms with Crippen LogP contribution in [0.15, 0.2) is 12.1 Å². The van der Waals surface area contributed by atoms with Gasteiger partial charge >= 0.3 is 0 Å². The maximum absolute atomic E-state index is 12.3. The van der Waals surface area contributed by atoms with Crippen LogP contribution in [0.5, 0.6) is 0 Å². The van der Waals surface area contributed by atoms with Crippen molar-refractivity contribution in [1.29, 1.82) is 0 Å². The molecule has 4 heteroatoms. The Kier molecular flexibility index (Phi) is 2.23. The number of aromatic nitrogens is 1. The van der Waals surface area contributed by atoms with Gasteiger partial charge in [-0.25, -0.2) is 4.98 Å². The highest BCUT2D eigenvalue weighted by molar-refractivity contribution is 14.1. The Morgan fingerprint density at radius 1 is 1.56 bits per heavy atom. The van der Waals surface area contributed by atoms with E-state index in [1.165, 1.54) is 6.07 Å². The lowest BCUT2D eigenvalue weighted by Gasteiger charge is -1.90. The fourth-order valence-corrected chi connectivity index (χ4v) is 0.892. The van der Waals surface area contributed by atoms with E-state index >= 15 is 0 Å². The maximum atomic E-state index is 12.3. The molecule has 48 valence electrons.